The normalized spacial score (nSPS) is 22.1. The maximum absolute atomic E-state index is 5.94. The SMILES string of the molecule is CCC(C)(OC)c1noc(C2(CN)CCOCC2)n1. The van der Waals surface area contributed by atoms with Gasteiger partial charge in [0, 0.05) is 26.9 Å². The van der Waals surface area contributed by atoms with E-state index in [1.807, 2.05) is 13.8 Å². The minimum atomic E-state index is -0.511. The van der Waals surface area contributed by atoms with Gasteiger partial charge in [-0.1, -0.05) is 12.1 Å². The van der Waals surface area contributed by atoms with Crippen molar-refractivity contribution in [1.29, 1.82) is 0 Å². The van der Waals surface area contributed by atoms with Crippen LogP contribution in [0.1, 0.15) is 44.8 Å². The van der Waals surface area contributed by atoms with Crippen molar-refractivity contribution in [1.82, 2.24) is 10.1 Å². The van der Waals surface area contributed by atoms with Crippen molar-refractivity contribution in [3.8, 4) is 0 Å². The van der Waals surface area contributed by atoms with Crippen molar-refractivity contribution in [2.45, 2.75) is 44.1 Å². The van der Waals surface area contributed by atoms with Gasteiger partial charge in [-0.15, -0.1) is 0 Å². The highest BCUT2D eigenvalue weighted by Crippen LogP contribution is 2.34. The number of methoxy groups -OCH3 is 1. The second-order valence-electron chi connectivity index (χ2n) is 5.31. The summed E-state index contributed by atoms with van der Waals surface area (Å²) in [5.74, 6) is 1.21. The molecule has 0 bridgehead atoms. The molecule has 0 saturated carbocycles. The number of hydrogen-bond donors (Lipinski definition) is 1. The summed E-state index contributed by atoms with van der Waals surface area (Å²) in [6.07, 6.45) is 2.42. The number of rotatable bonds is 5. The summed E-state index contributed by atoms with van der Waals surface area (Å²) in [5.41, 5.74) is 5.18. The van der Waals surface area contributed by atoms with Gasteiger partial charge in [0.1, 0.15) is 5.60 Å². The van der Waals surface area contributed by atoms with Crippen LogP contribution in [0.25, 0.3) is 0 Å². The average Bonchev–Trinajstić information content (AvgIpc) is 2.98. The van der Waals surface area contributed by atoms with Crippen LogP contribution in [0.15, 0.2) is 4.52 Å². The number of nitrogens with zero attached hydrogens (tertiary/aromatic N) is 2. The number of aromatic nitrogens is 2. The summed E-state index contributed by atoms with van der Waals surface area (Å²) in [7, 11) is 1.66. The molecule has 6 heteroatoms. The molecule has 1 fully saturated rings. The molecule has 1 aliphatic rings. The summed E-state index contributed by atoms with van der Waals surface area (Å²) in [6, 6.07) is 0. The summed E-state index contributed by atoms with van der Waals surface area (Å²) in [6.45, 7) is 5.86. The molecule has 2 heterocycles. The van der Waals surface area contributed by atoms with Gasteiger partial charge in [-0.25, -0.2) is 0 Å². The maximum atomic E-state index is 5.94. The van der Waals surface area contributed by atoms with Crippen LogP contribution in [0.3, 0.4) is 0 Å². The van der Waals surface area contributed by atoms with E-state index >= 15 is 0 Å². The van der Waals surface area contributed by atoms with E-state index < -0.39 is 5.60 Å². The summed E-state index contributed by atoms with van der Waals surface area (Å²) in [5, 5.41) is 4.09. The van der Waals surface area contributed by atoms with Crippen molar-refractivity contribution in [2.75, 3.05) is 26.9 Å². The Morgan fingerprint density at radius 2 is 2.11 bits per heavy atom. The van der Waals surface area contributed by atoms with Gasteiger partial charge < -0.3 is 19.7 Å². The Balaban J connectivity index is 2.29. The Bertz CT molecular complexity index is 409. The highest BCUT2D eigenvalue weighted by atomic mass is 16.5. The summed E-state index contributed by atoms with van der Waals surface area (Å²) >= 11 is 0. The van der Waals surface area contributed by atoms with Gasteiger partial charge in [-0.3, -0.25) is 0 Å². The Morgan fingerprint density at radius 1 is 1.42 bits per heavy atom. The van der Waals surface area contributed by atoms with Gasteiger partial charge in [0.25, 0.3) is 0 Å². The largest absolute Gasteiger partial charge is 0.381 e. The van der Waals surface area contributed by atoms with Gasteiger partial charge in [0.2, 0.25) is 11.7 Å². The molecule has 6 nitrogen and oxygen atoms in total. The third kappa shape index (κ3) is 2.52. The van der Waals surface area contributed by atoms with Crippen LogP contribution in [0, 0.1) is 0 Å². The zero-order chi connectivity index (χ0) is 13.9. The Hall–Kier alpha value is -0.980. The van der Waals surface area contributed by atoms with Crippen molar-refractivity contribution in [2.24, 2.45) is 5.73 Å². The van der Waals surface area contributed by atoms with E-state index in [0.717, 1.165) is 19.3 Å². The van der Waals surface area contributed by atoms with Gasteiger partial charge in [-0.2, -0.15) is 4.98 Å². The highest BCUT2D eigenvalue weighted by molar-refractivity contribution is 5.10. The first-order chi connectivity index (χ1) is 9.10. The van der Waals surface area contributed by atoms with Crippen molar-refractivity contribution in [3.05, 3.63) is 11.7 Å². The van der Waals surface area contributed by atoms with Crippen molar-refractivity contribution >= 4 is 0 Å². The molecule has 2 N–H and O–H groups in total. The third-order valence-corrected chi connectivity index (χ3v) is 4.32. The Kier molecular flexibility index (Phi) is 4.23. The lowest BCUT2D eigenvalue weighted by molar-refractivity contribution is -0.0106. The summed E-state index contributed by atoms with van der Waals surface area (Å²) in [4.78, 5) is 4.55. The van der Waals surface area contributed by atoms with E-state index in [0.29, 0.717) is 31.5 Å². The molecular weight excluding hydrogens is 246 g/mol. The monoisotopic (exact) mass is 269 g/mol. The van der Waals surface area contributed by atoms with E-state index in [9.17, 15) is 0 Å². The Labute approximate surface area is 113 Å². The first-order valence-electron chi connectivity index (χ1n) is 6.78. The minimum Gasteiger partial charge on any atom is -0.381 e. The van der Waals surface area contributed by atoms with E-state index in [-0.39, 0.29) is 5.41 Å². The van der Waals surface area contributed by atoms with Crippen LogP contribution in [0.5, 0.6) is 0 Å². The smallest absolute Gasteiger partial charge is 0.234 e. The lowest BCUT2D eigenvalue weighted by atomic mass is 9.80. The lowest BCUT2D eigenvalue weighted by Crippen LogP contribution is -2.41. The van der Waals surface area contributed by atoms with Gasteiger partial charge >= 0.3 is 0 Å². The van der Waals surface area contributed by atoms with E-state index in [1.54, 1.807) is 7.11 Å². The molecule has 1 saturated heterocycles. The standard InChI is InChI=1S/C13H23N3O3/c1-4-12(2,17-3)10-15-11(19-16-10)13(9-14)5-7-18-8-6-13/h4-9,14H2,1-3H3. The molecule has 0 aromatic carbocycles. The second kappa shape index (κ2) is 5.56. The van der Waals surface area contributed by atoms with Crippen LogP contribution in [-0.4, -0.2) is 37.0 Å². The molecule has 108 valence electrons. The average molecular weight is 269 g/mol. The lowest BCUT2D eigenvalue weighted by Gasteiger charge is -2.32. The van der Waals surface area contributed by atoms with Crippen molar-refractivity contribution < 1.29 is 14.0 Å². The molecule has 1 aromatic rings. The fourth-order valence-corrected chi connectivity index (χ4v) is 2.31. The van der Waals surface area contributed by atoms with Crippen LogP contribution in [-0.2, 0) is 20.5 Å². The van der Waals surface area contributed by atoms with E-state index in [2.05, 4.69) is 10.1 Å². The topological polar surface area (TPSA) is 83.4 Å². The predicted molar refractivity (Wildman–Crippen MR) is 69.7 cm³/mol. The first kappa shape index (κ1) is 14.4. The molecule has 1 unspecified atom stereocenters. The van der Waals surface area contributed by atoms with Crippen LogP contribution in [0.4, 0.5) is 0 Å². The first-order valence-corrected chi connectivity index (χ1v) is 6.78. The third-order valence-electron chi connectivity index (χ3n) is 4.32. The molecule has 0 amide bonds. The Morgan fingerprint density at radius 3 is 2.63 bits per heavy atom. The molecule has 1 aliphatic heterocycles. The number of nitrogens with two attached hydrogens (primary N) is 1. The minimum absolute atomic E-state index is 0.244. The molecule has 0 aliphatic carbocycles. The van der Waals surface area contributed by atoms with Gasteiger partial charge in [-0.05, 0) is 26.2 Å². The van der Waals surface area contributed by atoms with Gasteiger partial charge in [0.05, 0.1) is 5.41 Å². The molecule has 1 atom stereocenters. The van der Waals surface area contributed by atoms with E-state index in [4.69, 9.17) is 19.7 Å². The quantitative estimate of drug-likeness (QED) is 0.868. The highest BCUT2D eigenvalue weighted by Gasteiger charge is 2.40. The van der Waals surface area contributed by atoms with Crippen LogP contribution >= 0.6 is 0 Å². The second-order valence-corrected chi connectivity index (χ2v) is 5.31. The summed E-state index contributed by atoms with van der Waals surface area (Å²) < 4.78 is 16.4. The molecule has 0 spiro atoms. The molecule has 19 heavy (non-hydrogen) atoms. The fourth-order valence-electron chi connectivity index (χ4n) is 2.31. The van der Waals surface area contributed by atoms with Crippen molar-refractivity contribution in [3.63, 3.8) is 0 Å². The number of ether oxygens (including phenoxy) is 2. The number of hydrogen-bond acceptors (Lipinski definition) is 6. The fraction of sp³-hybridized carbons (Fsp3) is 0.846. The molecular formula is C13H23N3O3. The van der Waals surface area contributed by atoms with Crippen LogP contribution < -0.4 is 5.73 Å². The maximum Gasteiger partial charge on any atom is 0.234 e. The molecule has 2 rings (SSSR count). The zero-order valence-electron chi connectivity index (χ0n) is 11.9. The van der Waals surface area contributed by atoms with E-state index in [1.165, 1.54) is 0 Å². The predicted octanol–water partition coefficient (Wildman–Crippen LogP) is 1.35. The zero-order valence-corrected chi connectivity index (χ0v) is 11.9. The molecule has 0 radical (unpaired) electrons. The molecule has 1 aromatic heterocycles. The van der Waals surface area contributed by atoms with Crippen LogP contribution in [0.2, 0.25) is 0 Å². The van der Waals surface area contributed by atoms with Gasteiger partial charge in [0.15, 0.2) is 0 Å².